The quantitative estimate of drug-likeness (QED) is 0.447. The van der Waals surface area contributed by atoms with Crippen LogP contribution in [0.2, 0.25) is 0 Å². The lowest BCUT2D eigenvalue weighted by Crippen LogP contribution is -2.21. The molecular weight excluding hydrogens is 180 g/mol. The summed E-state index contributed by atoms with van der Waals surface area (Å²) in [5, 5.41) is 0. The van der Waals surface area contributed by atoms with E-state index in [0.29, 0.717) is 0 Å². The van der Waals surface area contributed by atoms with Gasteiger partial charge in [0, 0.05) is 5.41 Å². The Morgan fingerprint density at radius 1 is 1.07 bits per heavy atom. The van der Waals surface area contributed by atoms with E-state index in [1.54, 1.807) is 0 Å². The van der Waals surface area contributed by atoms with Gasteiger partial charge >= 0.3 is 5.97 Å². The fraction of sp³-hybridized carbons (Fsp3) is 0.818. The summed E-state index contributed by atoms with van der Waals surface area (Å²) >= 11 is 0. The van der Waals surface area contributed by atoms with Gasteiger partial charge in [0.1, 0.15) is 6.29 Å². The summed E-state index contributed by atoms with van der Waals surface area (Å²) in [7, 11) is 1.40. The number of hydrogen-bond acceptors (Lipinski definition) is 3. The summed E-state index contributed by atoms with van der Waals surface area (Å²) in [6.07, 6.45) is 0.938. The maximum atomic E-state index is 10.6. The normalized spacial score (nSPS) is 11.1. The van der Waals surface area contributed by atoms with Gasteiger partial charge < -0.3 is 9.53 Å². The number of carbonyl (C=O) groups excluding carboxylic acids is 2. The van der Waals surface area contributed by atoms with Crippen molar-refractivity contribution >= 4 is 12.3 Å². The fourth-order valence-corrected chi connectivity index (χ4v) is 0.306. The molecule has 0 aliphatic rings. The van der Waals surface area contributed by atoms with E-state index in [1.165, 1.54) is 7.11 Å². The lowest BCUT2D eigenvalue weighted by Gasteiger charge is -2.13. The molecule has 0 atom stereocenters. The van der Waals surface area contributed by atoms with E-state index in [9.17, 15) is 9.59 Å². The molecular formula is C11H22O3. The lowest BCUT2D eigenvalue weighted by atomic mass is 9.98. The third kappa shape index (κ3) is 11.1. The minimum atomic E-state index is -0.352. The molecule has 0 saturated carbocycles. The Morgan fingerprint density at radius 2 is 1.36 bits per heavy atom. The van der Waals surface area contributed by atoms with Gasteiger partial charge in [-0.05, 0) is 20.8 Å². The highest BCUT2D eigenvalue weighted by Gasteiger charge is 2.21. The molecule has 84 valence electrons. The molecule has 3 heteroatoms. The number of rotatable bonds is 0. The van der Waals surface area contributed by atoms with Crippen LogP contribution in [0.25, 0.3) is 0 Å². The second-order valence-corrected chi connectivity index (χ2v) is 5.23. The fourth-order valence-electron chi connectivity index (χ4n) is 0.306. The molecule has 0 fully saturated rings. The van der Waals surface area contributed by atoms with Crippen molar-refractivity contribution in [2.24, 2.45) is 10.8 Å². The lowest BCUT2D eigenvalue weighted by molar-refractivity contribution is -0.149. The Balaban J connectivity index is 0. The van der Waals surface area contributed by atoms with Crippen LogP contribution < -0.4 is 0 Å². The zero-order valence-corrected chi connectivity index (χ0v) is 10.3. The second kappa shape index (κ2) is 5.78. The van der Waals surface area contributed by atoms with Gasteiger partial charge in [-0.3, -0.25) is 4.79 Å². The van der Waals surface area contributed by atoms with Crippen LogP contribution in [0.15, 0.2) is 0 Å². The SMILES string of the molecule is CC(C)(C)C=O.COC(=O)C(C)(C)C. The summed E-state index contributed by atoms with van der Waals surface area (Å²) in [4.78, 5) is 20.4. The number of aldehydes is 1. The van der Waals surface area contributed by atoms with Crippen molar-refractivity contribution in [3.05, 3.63) is 0 Å². The molecule has 0 aliphatic carbocycles. The Bertz CT molecular complexity index is 182. The molecule has 0 aromatic rings. The van der Waals surface area contributed by atoms with Gasteiger partial charge in [0.25, 0.3) is 0 Å². The van der Waals surface area contributed by atoms with Gasteiger partial charge in [-0.1, -0.05) is 20.8 Å². The Kier molecular flexibility index (Phi) is 6.45. The highest BCUT2D eigenvalue weighted by atomic mass is 16.5. The predicted octanol–water partition coefficient (Wildman–Crippen LogP) is 2.44. The first-order valence-corrected chi connectivity index (χ1v) is 4.59. The molecule has 14 heavy (non-hydrogen) atoms. The molecule has 0 aromatic carbocycles. The number of ether oxygens (including phenoxy) is 1. The minimum absolute atomic E-state index is 0.139. The van der Waals surface area contributed by atoms with Crippen LogP contribution in [0.3, 0.4) is 0 Å². The largest absolute Gasteiger partial charge is 0.469 e. The number of esters is 1. The summed E-state index contributed by atoms with van der Waals surface area (Å²) < 4.78 is 4.48. The topological polar surface area (TPSA) is 43.4 Å². The van der Waals surface area contributed by atoms with Crippen LogP contribution in [-0.2, 0) is 14.3 Å². The molecule has 0 N–H and O–H groups in total. The first-order valence-electron chi connectivity index (χ1n) is 4.59. The Hall–Kier alpha value is -0.860. The Labute approximate surface area is 86.8 Å². The molecule has 0 rings (SSSR count). The smallest absolute Gasteiger partial charge is 0.310 e. The van der Waals surface area contributed by atoms with Crippen molar-refractivity contribution in [3.63, 3.8) is 0 Å². The van der Waals surface area contributed by atoms with Crippen LogP contribution in [-0.4, -0.2) is 19.4 Å². The molecule has 0 spiro atoms. The van der Waals surface area contributed by atoms with Crippen molar-refractivity contribution in [1.82, 2.24) is 0 Å². The number of hydrogen-bond donors (Lipinski definition) is 0. The molecule has 0 aliphatic heterocycles. The number of carbonyl (C=O) groups is 2. The van der Waals surface area contributed by atoms with Crippen molar-refractivity contribution in [1.29, 1.82) is 0 Å². The summed E-state index contributed by atoms with van der Waals surface area (Å²) in [5.74, 6) is -0.169. The predicted molar refractivity (Wildman–Crippen MR) is 57.0 cm³/mol. The van der Waals surface area contributed by atoms with Crippen LogP contribution in [0.4, 0.5) is 0 Å². The summed E-state index contributed by atoms with van der Waals surface area (Å²) in [5.41, 5.74) is -0.491. The van der Waals surface area contributed by atoms with E-state index in [0.717, 1.165) is 6.29 Å². The molecule has 0 bridgehead atoms. The average Bonchev–Trinajstić information content (AvgIpc) is 2.01. The molecule has 0 saturated heterocycles. The van der Waals surface area contributed by atoms with Gasteiger partial charge in [-0.15, -0.1) is 0 Å². The van der Waals surface area contributed by atoms with Crippen molar-refractivity contribution in [2.75, 3.05) is 7.11 Å². The second-order valence-electron chi connectivity index (χ2n) is 5.23. The van der Waals surface area contributed by atoms with Gasteiger partial charge in [0.15, 0.2) is 0 Å². The van der Waals surface area contributed by atoms with Crippen LogP contribution in [0.5, 0.6) is 0 Å². The van der Waals surface area contributed by atoms with E-state index in [4.69, 9.17) is 0 Å². The van der Waals surface area contributed by atoms with Crippen molar-refractivity contribution < 1.29 is 14.3 Å². The van der Waals surface area contributed by atoms with E-state index in [2.05, 4.69) is 4.74 Å². The number of methoxy groups -OCH3 is 1. The average molecular weight is 202 g/mol. The maximum absolute atomic E-state index is 10.6. The first kappa shape index (κ1) is 15.6. The van der Waals surface area contributed by atoms with Gasteiger partial charge in [0.2, 0.25) is 0 Å². The zero-order chi connectivity index (χ0) is 12.0. The first-order chi connectivity index (χ1) is 6.04. The molecule has 0 unspecified atom stereocenters. The molecule has 0 heterocycles. The standard InChI is InChI=1S/C6H12O2.C5H10O/c1-6(2,3)5(7)8-4;1-5(2,3)4-6/h1-4H3;4H,1-3H3. The third-order valence-electron chi connectivity index (χ3n) is 1.15. The molecule has 0 radical (unpaired) electrons. The van der Waals surface area contributed by atoms with E-state index in [1.807, 2.05) is 41.5 Å². The van der Waals surface area contributed by atoms with E-state index in [-0.39, 0.29) is 16.8 Å². The minimum Gasteiger partial charge on any atom is -0.469 e. The van der Waals surface area contributed by atoms with Crippen LogP contribution >= 0.6 is 0 Å². The molecule has 0 amide bonds. The van der Waals surface area contributed by atoms with Gasteiger partial charge in [0.05, 0.1) is 12.5 Å². The monoisotopic (exact) mass is 202 g/mol. The van der Waals surface area contributed by atoms with Crippen molar-refractivity contribution in [2.45, 2.75) is 41.5 Å². The molecule has 0 aromatic heterocycles. The summed E-state index contributed by atoms with van der Waals surface area (Å²) in [6, 6.07) is 0. The zero-order valence-electron chi connectivity index (χ0n) is 10.3. The van der Waals surface area contributed by atoms with Crippen LogP contribution in [0.1, 0.15) is 41.5 Å². The summed E-state index contributed by atoms with van der Waals surface area (Å²) in [6.45, 7) is 11.1. The van der Waals surface area contributed by atoms with Gasteiger partial charge in [-0.25, -0.2) is 0 Å². The third-order valence-corrected chi connectivity index (χ3v) is 1.15. The van der Waals surface area contributed by atoms with E-state index >= 15 is 0 Å². The maximum Gasteiger partial charge on any atom is 0.310 e. The van der Waals surface area contributed by atoms with Crippen LogP contribution in [0, 0.1) is 10.8 Å². The van der Waals surface area contributed by atoms with E-state index < -0.39 is 0 Å². The molecule has 3 nitrogen and oxygen atoms in total. The van der Waals surface area contributed by atoms with Crippen molar-refractivity contribution in [3.8, 4) is 0 Å². The highest BCUT2D eigenvalue weighted by molar-refractivity contribution is 5.75. The van der Waals surface area contributed by atoms with Gasteiger partial charge in [-0.2, -0.15) is 0 Å². The Morgan fingerprint density at radius 3 is 1.36 bits per heavy atom. The highest BCUT2D eigenvalue weighted by Crippen LogP contribution is 2.13.